The molecule has 0 spiro atoms. The summed E-state index contributed by atoms with van der Waals surface area (Å²) in [4.78, 5) is 0. The molecule has 15 heavy (non-hydrogen) atoms. The van der Waals surface area contributed by atoms with Crippen molar-refractivity contribution < 1.29 is 16.8 Å². The summed E-state index contributed by atoms with van der Waals surface area (Å²) < 4.78 is 46.0. The monoisotopic (exact) mass is 258 g/mol. The van der Waals surface area contributed by atoms with E-state index in [4.69, 9.17) is 5.73 Å². The van der Waals surface area contributed by atoms with Crippen molar-refractivity contribution in [2.45, 2.75) is 19.4 Å². The van der Waals surface area contributed by atoms with Gasteiger partial charge in [0.1, 0.15) is 0 Å². The van der Waals surface area contributed by atoms with E-state index in [-0.39, 0.29) is 6.04 Å². The summed E-state index contributed by atoms with van der Waals surface area (Å²) in [5, 5.41) is -0.856. The minimum Gasteiger partial charge on any atom is -0.330 e. The Kier molecular flexibility index (Phi) is 5.18. The van der Waals surface area contributed by atoms with Crippen molar-refractivity contribution in [2.24, 2.45) is 5.73 Å². The van der Waals surface area contributed by atoms with E-state index >= 15 is 0 Å². The van der Waals surface area contributed by atoms with Gasteiger partial charge in [-0.3, -0.25) is 0 Å². The van der Waals surface area contributed by atoms with Crippen molar-refractivity contribution in [1.29, 1.82) is 0 Å². The zero-order chi connectivity index (χ0) is 12.3. The average Bonchev–Trinajstić information content (AvgIpc) is 1.98. The second-order valence-corrected chi connectivity index (χ2v) is 8.13. The number of sulfone groups is 1. The quantitative estimate of drug-likeness (QED) is 0.658. The van der Waals surface area contributed by atoms with Crippen LogP contribution in [0.1, 0.15) is 13.3 Å². The smallest absolute Gasteiger partial charge is 0.228 e. The third kappa shape index (κ3) is 5.45. The molecule has 0 radical (unpaired) electrons. The van der Waals surface area contributed by atoms with E-state index in [1.807, 2.05) is 0 Å². The highest BCUT2D eigenvalue weighted by Crippen LogP contribution is 2.09. The maximum atomic E-state index is 11.6. The summed E-state index contributed by atoms with van der Waals surface area (Å²) in [6, 6.07) is -0.290. The number of nitrogens with two attached hydrogens (primary N) is 1. The molecule has 0 saturated carbocycles. The van der Waals surface area contributed by atoms with Gasteiger partial charge in [-0.2, -0.15) is 0 Å². The van der Waals surface area contributed by atoms with E-state index in [0.29, 0.717) is 13.0 Å². The molecule has 8 heteroatoms. The predicted octanol–water partition coefficient (Wildman–Crippen LogP) is -1.01. The highest BCUT2D eigenvalue weighted by Gasteiger charge is 2.26. The highest BCUT2D eigenvalue weighted by atomic mass is 32.3. The van der Waals surface area contributed by atoms with Crippen LogP contribution in [-0.2, 0) is 19.9 Å². The minimum atomic E-state index is -3.75. The molecule has 0 amide bonds. The van der Waals surface area contributed by atoms with Crippen molar-refractivity contribution >= 4 is 19.9 Å². The minimum absolute atomic E-state index is 0.290. The van der Waals surface area contributed by atoms with Gasteiger partial charge in [-0.1, -0.05) is 0 Å². The molecular formula is C7H18N2O4S2. The van der Waals surface area contributed by atoms with E-state index in [1.54, 1.807) is 6.92 Å². The molecule has 0 rings (SSSR count). The van der Waals surface area contributed by atoms with Gasteiger partial charge in [0, 0.05) is 19.3 Å². The second kappa shape index (κ2) is 5.24. The Morgan fingerprint density at radius 3 is 2.07 bits per heavy atom. The molecule has 0 saturated heterocycles. The van der Waals surface area contributed by atoms with E-state index in [2.05, 4.69) is 0 Å². The van der Waals surface area contributed by atoms with Crippen LogP contribution < -0.4 is 5.73 Å². The van der Waals surface area contributed by atoms with Gasteiger partial charge in [0.15, 0.2) is 14.9 Å². The van der Waals surface area contributed by atoms with Gasteiger partial charge in [-0.15, -0.1) is 0 Å². The summed E-state index contributed by atoms with van der Waals surface area (Å²) in [5.74, 6) is 0. The number of hydrogen-bond donors (Lipinski definition) is 1. The molecule has 0 aromatic heterocycles. The lowest BCUT2D eigenvalue weighted by atomic mass is 10.2. The molecule has 1 atom stereocenters. The fraction of sp³-hybridized carbons (Fsp3) is 1.00. The molecule has 0 aliphatic heterocycles. The van der Waals surface area contributed by atoms with Crippen LogP contribution in [0.15, 0.2) is 0 Å². The Morgan fingerprint density at radius 2 is 1.73 bits per heavy atom. The van der Waals surface area contributed by atoms with Crippen molar-refractivity contribution in [1.82, 2.24) is 4.31 Å². The molecular weight excluding hydrogens is 240 g/mol. The average molecular weight is 258 g/mol. The first-order valence-corrected chi connectivity index (χ1v) is 8.10. The maximum Gasteiger partial charge on any atom is 0.228 e. The normalized spacial score (nSPS) is 15.5. The number of rotatable bonds is 6. The van der Waals surface area contributed by atoms with Gasteiger partial charge in [0.25, 0.3) is 0 Å². The van der Waals surface area contributed by atoms with Gasteiger partial charge < -0.3 is 5.73 Å². The van der Waals surface area contributed by atoms with Gasteiger partial charge in [0.05, 0.1) is 0 Å². The molecule has 6 nitrogen and oxygen atoms in total. The summed E-state index contributed by atoms with van der Waals surface area (Å²) >= 11 is 0. The predicted molar refractivity (Wildman–Crippen MR) is 59.5 cm³/mol. The topological polar surface area (TPSA) is 97.5 Å². The van der Waals surface area contributed by atoms with Gasteiger partial charge in [0.2, 0.25) is 10.0 Å². The summed E-state index contributed by atoms with van der Waals surface area (Å²) in [6.07, 6.45) is 1.39. The van der Waals surface area contributed by atoms with Crippen LogP contribution >= 0.6 is 0 Å². The van der Waals surface area contributed by atoms with Crippen molar-refractivity contribution in [3.8, 4) is 0 Å². The molecule has 0 heterocycles. The first-order valence-electron chi connectivity index (χ1n) is 4.43. The van der Waals surface area contributed by atoms with E-state index in [0.717, 1.165) is 10.6 Å². The van der Waals surface area contributed by atoms with Crippen molar-refractivity contribution in [2.75, 3.05) is 24.9 Å². The molecule has 0 fully saturated rings. The molecule has 2 N–H and O–H groups in total. The molecule has 0 bridgehead atoms. The Balaban J connectivity index is 4.75. The summed E-state index contributed by atoms with van der Waals surface area (Å²) in [7, 11) is -5.92. The second-order valence-electron chi connectivity index (χ2n) is 3.60. The third-order valence-electron chi connectivity index (χ3n) is 2.01. The molecule has 0 aliphatic rings. The van der Waals surface area contributed by atoms with Crippen LogP contribution in [0.5, 0.6) is 0 Å². The van der Waals surface area contributed by atoms with E-state index in [9.17, 15) is 16.8 Å². The lowest BCUT2D eigenvalue weighted by Gasteiger charge is -2.23. The summed E-state index contributed by atoms with van der Waals surface area (Å²) in [6.45, 7) is 2.05. The molecule has 0 aromatic rings. The Hall–Kier alpha value is -0.180. The molecule has 0 aromatic carbocycles. The fourth-order valence-electron chi connectivity index (χ4n) is 1.05. The summed E-state index contributed by atoms with van der Waals surface area (Å²) in [5.41, 5.74) is 5.30. The Morgan fingerprint density at radius 1 is 1.27 bits per heavy atom. The van der Waals surface area contributed by atoms with Crippen LogP contribution in [0.3, 0.4) is 0 Å². The van der Waals surface area contributed by atoms with Crippen LogP contribution in [-0.4, -0.2) is 52.1 Å². The zero-order valence-electron chi connectivity index (χ0n) is 9.17. The van der Waals surface area contributed by atoms with E-state index < -0.39 is 24.9 Å². The first kappa shape index (κ1) is 14.8. The number of nitrogens with zero attached hydrogens (tertiary/aromatic N) is 1. The number of sulfonamides is 1. The lowest BCUT2D eigenvalue weighted by molar-refractivity contribution is 0.376. The van der Waals surface area contributed by atoms with Crippen molar-refractivity contribution in [3.05, 3.63) is 0 Å². The molecule has 92 valence electrons. The first-order chi connectivity index (χ1) is 6.60. The van der Waals surface area contributed by atoms with Crippen LogP contribution in [0, 0.1) is 0 Å². The van der Waals surface area contributed by atoms with E-state index in [1.165, 1.54) is 7.05 Å². The van der Waals surface area contributed by atoms with Gasteiger partial charge in [-0.05, 0) is 19.9 Å². The Bertz CT molecular complexity index is 387. The highest BCUT2D eigenvalue weighted by molar-refractivity contribution is 8.06. The van der Waals surface area contributed by atoms with Crippen molar-refractivity contribution in [3.63, 3.8) is 0 Å². The standard InChI is InChI=1S/C7H18N2O4S2/c1-7(4-5-8)9(2)15(12,13)6-14(3,10)11/h7H,4-6,8H2,1-3H3. The van der Waals surface area contributed by atoms with Crippen LogP contribution in [0.25, 0.3) is 0 Å². The van der Waals surface area contributed by atoms with Crippen LogP contribution in [0.4, 0.5) is 0 Å². The van der Waals surface area contributed by atoms with Gasteiger partial charge >= 0.3 is 0 Å². The maximum absolute atomic E-state index is 11.6. The number of hydrogen-bond acceptors (Lipinski definition) is 5. The zero-order valence-corrected chi connectivity index (χ0v) is 10.8. The molecule has 1 unspecified atom stereocenters. The largest absolute Gasteiger partial charge is 0.330 e. The van der Waals surface area contributed by atoms with Gasteiger partial charge in [-0.25, -0.2) is 21.1 Å². The lowest BCUT2D eigenvalue weighted by Crippen LogP contribution is -2.39. The van der Waals surface area contributed by atoms with Crippen LogP contribution in [0.2, 0.25) is 0 Å². The molecule has 0 aliphatic carbocycles. The Labute approximate surface area is 91.4 Å². The fourth-order valence-corrected chi connectivity index (χ4v) is 4.53. The SMILES string of the molecule is CC(CCN)N(C)S(=O)(=O)CS(C)(=O)=O. The third-order valence-corrected chi connectivity index (χ3v) is 6.15.